The maximum absolute atomic E-state index is 6.11. The largest absolute Gasteiger partial charge is 0.330 e. The van der Waals surface area contributed by atoms with E-state index in [4.69, 9.17) is 5.73 Å². The van der Waals surface area contributed by atoms with Crippen molar-refractivity contribution in [1.29, 1.82) is 0 Å². The molecule has 1 aliphatic rings. The van der Waals surface area contributed by atoms with Crippen molar-refractivity contribution in [3.05, 3.63) is 12.2 Å². The maximum Gasteiger partial charge on any atom is 0.138 e. The Balaban J connectivity index is 2.00. The van der Waals surface area contributed by atoms with Gasteiger partial charge in [0.05, 0.1) is 0 Å². The topological polar surface area (TPSA) is 56.7 Å². The lowest BCUT2D eigenvalue weighted by atomic mass is 9.67. The summed E-state index contributed by atoms with van der Waals surface area (Å²) in [6, 6.07) is 0. The standard InChI is InChI=1S/C15H28N4/c1-3-5-13-6-8-15(11-16,9-7-13)10-14-17-12-18-19(14)4-2/h12-13H,3-11,16H2,1-2H3. The number of nitrogens with zero attached hydrogens (tertiary/aromatic N) is 3. The van der Waals surface area contributed by atoms with E-state index in [0.717, 1.165) is 31.3 Å². The number of aromatic nitrogens is 3. The van der Waals surface area contributed by atoms with Crippen LogP contribution in [0.15, 0.2) is 6.33 Å². The van der Waals surface area contributed by atoms with Crippen LogP contribution in [0, 0.1) is 11.3 Å². The Morgan fingerprint density at radius 2 is 2.11 bits per heavy atom. The van der Waals surface area contributed by atoms with Gasteiger partial charge in [0, 0.05) is 13.0 Å². The average molecular weight is 264 g/mol. The molecule has 0 saturated heterocycles. The van der Waals surface area contributed by atoms with Crippen LogP contribution in [0.4, 0.5) is 0 Å². The molecule has 0 aliphatic heterocycles. The van der Waals surface area contributed by atoms with Gasteiger partial charge in [0.15, 0.2) is 0 Å². The molecule has 1 saturated carbocycles. The Morgan fingerprint density at radius 1 is 1.37 bits per heavy atom. The normalized spacial score (nSPS) is 27.6. The Hall–Kier alpha value is -0.900. The molecule has 0 amide bonds. The van der Waals surface area contributed by atoms with E-state index in [2.05, 4.69) is 23.9 Å². The van der Waals surface area contributed by atoms with Crippen LogP contribution < -0.4 is 5.73 Å². The van der Waals surface area contributed by atoms with Crippen molar-refractivity contribution >= 4 is 0 Å². The van der Waals surface area contributed by atoms with Crippen molar-refractivity contribution in [3.8, 4) is 0 Å². The summed E-state index contributed by atoms with van der Waals surface area (Å²) in [5, 5.41) is 4.27. The zero-order valence-electron chi connectivity index (χ0n) is 12.4. The van der Waals surface area contributed by atoms with E-state index >= 15 is 0 Å². The summed E-state index contributed by atoms with van der Waals surface area (Å²) in [6.45, 7) is 6.08. The van der Waals surface area contributed by atoms with Gasteiger partial charge in [0.1, 0.15) is 12.2 Å². The summed E-state index contributed by atoms with van der Waals surface area (Å²) in [7, 11) is 0. The number of hydrogen-bond donors (Lipinski definition) is 1. The van der Waals surface area contributed by atoms with Crippen molar-refractivity contribution in [2.45, 2.75) is 65.3 Å². The molecule has 108 valence electrons. The molecular formula is C15H28N4. The highest BCUT2D eigenvalue weighted by Gasteiger charge is 2.35. The minimum absolute atomic E-state index is 0.268. The van der Waals surface area contributed by atoms with Crippen molar-refractivity contribution in [2.75, 3.05) is 6.54 Å². The molecule has 0 spiro atoms. The first-order valence-electron chi connectivity index (χ1n) is 7.79. The number of nitrogens with two attached hydrogens (primary N) is 1. The van der Waals surface area contributed by atoms with Gasteiger partial charge in [-0.25, -0.2) is 4.98 Å². The predicted octanol–water partition coefficient (Wildman–Crippen LogP) is 2.78. The maximum atomic E-state index is 6.11. The molecule has 19 heavy (non-hydrogen) atoms. The second-order valence-corrected chi connectivity index (χ2v) is 6.10. The highest BCUT2D eigenvalue weighted by atomic mass is 15.3. The van der Waals surface area contributed by atoms with Gasteiger partial charge in [0.2, 0.25) is 0 Å². The lowest BCUT2D eigenvalue weighted by Crippen LogP contribution is -2.37. The van der Waals surface area contributed by atoms with Gasteiger partial charge in [-0.2, -0.15) is 5.10 Å². The highest BCUT2D eigenvalue weighted by molar-refractivity contribution is 4.97. The van der Waals surface area contributed by atoms with Crippen molar-refractivity contribution in [3.63, 3.8) is 0 Å². The van der Waals surface area contributed by atoms with Gasteiger partial charge in [-0.3, -0.25) is 4.68 Å². The molecule has 1 fully saturated rings. The molecular weight excluding hydrogens is 236 g/mol. The molecule has 0 radical (unpaired) electrons. The minimum atomic E-state index is 0.268. The second-order valence-electron chi connectivity index (χ2n) is 6.10. The Labute approximate surface area is 116 Å². The lowest BCUT2D eigenvalue weighted by Gasteiger charge is -2.39. The molecule has 0 atom stereocenters. The van der Waals surface area contributed by atoms with E-state index in [1.54, 1.807) is 6.33 Å². The Bertz CT molecular complexity index is 377. The average Bonchev–Trinajstić information content (AvgIpc) is 2.88. The van der Waals surface area contributed by atoms with Crippen LogP contribution in [0.1, 0.15) is 58.2 Å². The van der Waals surface area contributed by atoms with Crippen molar-refractivity contribution < 1.29 is 0 Å². The molecule has 1 aromatic rings. The quantitative estimate of drug-likeness (QED) is 0.859. The van der Waals surface area contributed by atoms with E-state index in [0.29, 0.717) is 0 Å². The van der Waals surface area contributed by atoms with Crippen LogP contribution in [-0.2, 0) is 13.0 Å². The fourth-order valence-electron chi connectivity index (χ4n) is 3.46. The molecule has 2 N–H and O–H groups in total. The molecule has 1 aromatic heterocycles. The smallest absolute Gasteiger partial charge is 0.138 e. The molecule has 0 aromatic carbocycles. The summed E-state index contributed by atoms with van der Waals surface area (Å²) in [6.07, 6.45) is 10.5. The second kappa shape index (κ2) is 6.51. The fraction of sp³-hybridized carbons (Fsp3) is 0.867. The summed E-state index contributed by atoms with van der Waals surface area (Å²) in [4.78, 5) is 4.43. The first-order chi connectivity index (χ1) is 9.23. The molecule has 1 aliphatic carbocycles. The summed E-state index contributed by atoms with van der Waals surface area (Å²) in [5.74, 6) is 2.04. The fourth-order valence-corrected chi connectivity index (χ4v) is 3.46. The monoisotopic (exact) mass is 264 g/mol. The van der Waals surface area contributed by atoms with Crippen LogP contribution >= 0.6 is 0 Å². The van der Waals surface area contributed by atoms with Crippen molar-refractivity contribution in [2.24, 2.45) is 17.1 Å². The van der Waals surface area contributed by atoms with Gasteiger partial charge in [-0.05, 0) is 50.5 Å². The van der Waals surface area contributed by atoms with Gasteiger partial charge >= 0.3 is 0 Å². The van der Waals surface area contributed by atoms with Crippen LogP contribution in [0.3, 0.4) is 0 Å². The molecule has 0 bridgehead atoms. The molecule has 1 heterocycles. The van der Waals surface area contributed by atoms with E-state index in [-0.39, 0.29) is 5.41 Å². The third-order valence-electron chi connectivity index (χ3n) is 4.82. The first kappa shape index (κ1) is 14.5. The van der Waals surface area contributed by atoms with Gasteiger partial charge in [-0.15, -0.1) is 0 Å². The number of rotatable bonds is 6. The predicted molar refractivity (Wildman–Crippen MR) is 77.8 cm³/mol. The van der Waals surface area contributed by atoms with Crippen LogP contribution in [0.25, 0.3) is 0 Å². The lowest BCUT2D eigenvalue weighted by molar-refractivity contribution is 0.146. The minimum Gasteiger partial charge on any atom is -0.330 e. The van der Waals surface area contributed by atoms with Crippen LogP contribution in [0.5, 0.6) is 0 Å². The number of aryl methyl sites for hydroxylation is 1. The SMILES string of the molecule is CCCC1CCC(CN)(Cc2ncnn2CC)CC1. The van der Waals surface area contributed by atoms with E-state index in [9.17, 15) is 0 Å². The van der Waals surface area contributed by atoms with Gasteiger partial charge in [0.25, 0.3) is 0 Å². The molecule has 0 unspecified atom stereocenters. The van der Waals surface area contributed by atoms with E-state index in [1.807, 2.05) is 4.68 Å². The van der Waals surface area contributed by atoms with Crippen LogP contribution in [0.2, 0.25) is 0 Å². The Morgan fingerprint density at radius 3 is 2.68 bits per heavy atom. The van der Waals surface area contributed by atoms with E-state index in [1.165, 1.54) is 38.5 Å². The van der Waals surface area contributed by atoms with Crippen molar-refractivity contribution in [1.82, 2.24) is 14.8 Å². The zero-order valence-corrected chi connectivity index (χ0v) is 12.4. The molecule has 4 heteroatoms. The van der Waals surface area contributed by atoms with Gasteiger partial charge < -0.3 is 5.73 Å². The number of hydrogen-bond acceptors (Lipinski definition) is 3. The third kappa shape index (κ3) is 3.35. The summed E-state index contributed by atoms with van der Waals surface area (Å²) in [5.41, 5.74) is 6.38. The first-order valence-corrected chi connectivity index (χ1v) is 7.79. The molecule has 4 nitrogen and oxygen atoms in total. The third-order valence-corrected chi connectivity index (χ3v) is 4.82. The van der Waals surface area contributed by atoms with Gasteiger partial charge in [-0.1, -0.05) is 19.8 Å². The zero-order chi connectivity index (χ0) is 13.7. The van der Waals surface area contributed by atoms with E-state index < -0.39 is 0 Å². The Kier molecular flexibility index (Phi) is 4.97. The molecule has 2 rings (SSSR count). The highest BCUT2D eigenvalue weighted by Crippen LogP contribution is 2.41. The summed E-state index contributed by atoms with van der Waals surface area (Å²) < 4.78 is 2.01. The van der Waals surface area contributed by atoms with Crippen LogP contribution in [-0.4, -0.2) is 21.3 Å². The summed E-state index contributed by atoms with van der Waals surface area (Å²) >= 11 is 0.